The lowest BCUT2D eigenvalue weighted by molar-refractivity contribution is 0.0489. The third-order valence-corrected chi connectivity index (χ3v) is 3.38. The normalized spacial score (nSPS) is 33.6. The first-order valence-corrected chi connectivity index (χ1v) is 6.31. The monoisotopic (exact) mass is 230 g/mol. The summed E-state index contributed by atoms with van der Waals surface area (Å²) in [5.41, 5.74) is 0. The van der Waals surface area contributed by atoms with Crippen LogP contribution in [-0.2, 0) is 20.0 Å². The molecule has 0 aromatic rings. The van der Waals surface area contributed by atoms with Crippen LogP contribution >= 0.6 is 0 Å². The zero-order chi connectivity index (χ0) is 10.8. The summed E-state index contributed by atoms with van der Waals surface area (Å²) in [5, 5.41) is 0. The third kappa shape index (κ3) is 3.71. The van der Waals surface area contributed by atoms with Gasteiger partial charge in [0.05, 0.1) is 6.10 Å². The van der Waals surface area contributed by atoms with E-state index in [2.05, 4.69) is 4.65 Å². The van der Waals surface area contributed by atoms with Crippen LogP contribution in [0.2, 0.25) is 0 Å². The van der Waals surface area contributed by atoms with Gasteiger partial charge in [0.25, 0.3) is 0 Å². The van der Waals surface area contributed by atoms with E-state index in [9.17, 15) is 12.9 Å². The molecule has 1 aliphatic heterocycles. The van der Waals surface area contributed by atoms with Crippen LogP contribution in [0.5, 0.6) is 0 Å². The Balaban J connectivity index is 2.49. The molecule has 1 aliphatic rings. The Hall–Kier alpha value is 0.125. The highest BCUT2D eigenvalue weighted by Crippen LogP contribution is 2.27. The second-order valence-electron chi connectivity index (χ2n) is 3.35. The van der Waals surface area contributed by atoms with Crippen LogP contribution < -0.4 is 0 Å². The molecule has 84 valence electrons. The van der Waals surface area contributed by atoms with Crippen LogP contribution in [0, 0.1) is 0 Å². The Morgan fingerprint density at radius 2 is 2.14 bits per heavy atom. The van der Waals surface area contributed by atoms with E-state index >= 15 is 0 Å². The Labute approximate surface area is 84.8 Å². The first kappa shape index (κ1) is 12.2. The van der Waals surface area contributed by atoms with Crippen molar-refractivity contribution in [3.63, 3.8) is 0 Å². The first-order chi connectivity index (χ1) is 6.42. The van der Waals surface area contributed by atoms with E-state index in [0.29, 0.717) is 12.2 Å². The molecule has 0 aromatic heterocycles. The quantitative estimate of drug-likeness (QED) is 0.543. The topological polar surface area (TPSA) is 18.5 Å². The smallest absolute Gasteiger partial charge is 0.500 e. The highest BCUT2D eigenvalue weighted by atomic mass is 32.2. The minimum atomic E-state index is -5.16. The van der Waals surface area contributed by atoms with Gasteiger partial charge in [0, 0.05) is 0 Å². The molecular weight excluding hydrogens is 216 g/mol. The van der Waals surface area contributed by atoms with Gasteiger partial charge in [-0.15, -0.1) is 0 Å². The van der Waals surface area contributed by atoms with Crippen LogP contribution in [0.25, 0.3) is 0 Å². The van der Waals surface area contributed by atoms with Crippen molar-refractivity contribution in [2.24, 2.45) is 0 Å². The van der Waals surface area contributed by atoms with Gasteiger partial charge in [-0.25, -0.2) is 0 Å². The lowest BCUT2D eigenvalue weighted by Gasteiger charge is -2.23. The van der Waals surface area contributed by atoms with Crippen molar-refractivity contribution in [2.45, 2.75) is 32.0 Å². The summed E-state index contributed by atoms with van der Waals surface area (Å²) in [6.45, 7) is 1.92. The summed E-state index contributed by atoms with van der Waals surface area (Å²) in [5.74, 6) is 0.367. The van der Waals surface area contributed by atoms with Gasteiger partial charge in [0.15, 0.2) is 5.75 Å². The molecule has 14 heavy (non-hydrogen) atoms. The van der Waals surface area contributed by atoms with E-state index in [1.165, 1.54) is 0 Å². The largest absolute Gasteiger partial charge is 0.637 e. The summed E-state index contributed by atoms with van der Waals surface area (Å²) in [4.78, 5) is 0. The molecule has 0 amide bonds. The number of hydrogen-bond acceptors (Lipinski definition) is 2. The molecule has 1 unspecified atom stereocenters. The molecule has 0 N–H and O–H groups in total. The molecule has 1 fully saturated rings. The summed E-state index contributed by atoms with van der Waals surface area (Å²) in [6.07, 6.45) is 2.08. The Morgan fingerprint density at radius 1 is 1.50 bits per heavy atom. The molecule has 3 atom stereocenters. The van der Waals surface area contributed by atoms with Gasteiger partial charge in [-0.1, -0.05) is 13.3 Å². The number of rotatable bonds is 4. The fraction of sp³-hybridized carbons (Fsp3) is 1.00. The van der Waals surface area contributed by atoms with Gasteiger partial charge in [-0.3, -0.25) is 0 Å². The SMILES string of the molecule is CCC[C@H]1O[S+](C)C[C@@H]1O[B-](F)(F)F. The average Bonchev–Trinajstić information content (AvgIpc) is 2.28. The van der Waals surface area contributed by atoms with Gasteiger partial charge in [-0.05, 0) is 6.42 Å². The van der Waals surface area contributed by atoms with Crippen molar-refractivity contribution in [1.82, 2.24) is 0 Å². The van der Waals surface area contributed by atoms with E-state index in [1.807, 2.05) is 6.92 Å². The van der Waals surface area contributed by atoms with Crippen molar-refractivity contribution < 1.29 is 21.8 Å². The van der Waals surface area contributed by atoms with Crippen LogP contribution in [0.4, 0.5) is 12.9 Å². The van der Waals surface area contributed by atoms with Gasteiger partial charge in [0.1, 0.15) is 23.5 Å². The summed E-state index contributed by atoms with van der Waals surface area (Å²) in [6, 6.07) is 0. The van der Waals surface area contributed by atoms with E-state index in [1.54, 1.807) is 6.26 Å². The number of halogens is 3. The van der Waals surface area contributed by atoms with Crippen molar-refractivity contribution in [1.29, 1.82) is 0 Å². The fourth-order valence-electron chi connectivity index (χ4n) is 1.49. The van der Waals surface area contributed by atoms with Crippen LogP contribution in [-0.4, -0.2) is 31.4 Å². The van der Waals surface area contributed by atoms with Crippen molar-refractivity contribution in [3.05, 3.63) is 0 Å². The zero-order valence-electron chi connectivity index (χ0n) is 8.21. The van der Waals surface area contributed by atoms with Crippen LogP contribution in [0.3, 0.4) is 0 Å². The second-order valence-corrected chi connectivity index (χ2v) is 5.02. The van der Waals surface area contributed by atoms with Gasteiger partial charge < -0.3 is 17.6 Å². The molecule has 1 saturated heterocycles. The lowest BCUT2D eigenvalue weighted by atomic mass is 10.1. The predicted molar refractivity (Wildman–Crippen MR) is 51.9 cm³/mol. The van der Waals surface area contributed by atoms with Crippen molar-refractivity contribution in [2.75, 3.05) is 12.0 Å². The third-order valence-electron chi connectivity index (χ3n) is 2.00. The Kier molecular flexibility index (Phi) is 4.15. The standard InChI is InChI=1S/C7H14BF3O2S/c1-3-4-6-7(5-14(2)13-6)12-8(9,10)11/h6-7H,3-5H2,1-2H3/t6-,7+,14?/m1/s1. The molecule has 1 heterocycles. The summed E-state index contributed by atoms with van der Waals surface area (Å²) < 4.78 is 45.6. The molecule has 0 saturated carbocycles. The van der Waals surface area contributed by atoms with Crippen molar-refractivity contribution in [3.8, 4) is 0 Å². The van der Waals surface area contributed by atoms with Gasteiger partial charge >= 0.3 is 7.18 Å². The predicted octanol–water partition coefficient (Wildman–Crippen LogP) is 2.08. The fourth-order valence-corrected chi connectivity index (χ4v) is 2.97. The molecule has 0 aliphatic carbocycles. The summed E-state index contributed by atoms with van der Waals surface area (Å²) in [7, 11) is -5.16. The average molecular weight is 230 g/mol. The van der Waals surface area contributed by atoms with Crippen LogP contribution in [0.1, 0.15) is 19.8 Å². The molecular formula is C7H14BF3O2S. The summed E-state index contributed by atoms with van der Waals surface area (Å²) >= 11 is -0.384. The van der Waals surface area contributed by atoms with E-state index < -0.39 is 13.3 Å². The van der Waals surface area contributed by atoms with E-state index in [4.69, 9.17) is 4.18 Å². The molecule has 0 radical (unpaired) electrons. The lowest BCUT2D eigenvalue weighted by Crippen LogP contribution is -2.36. The van der Waals surface area contributed by atoms with Crippen LogP contribution in [0.15, 0.2) is 0 Å². The maximum absolute atomic E-state index is 12.0. The Morgan fingerprint density at radius 3 is 2.64 bits per heavy atom. The molecule has 0 bridgehead atoms. The minimum absolute atomic E-state index is 0.367. The molecule has 1 rings (SSSR count). The second kappa shape index (κ2) is 4.76. The maximum atomic E-state index is 12.0. The molecule has 2 nitrogen and oxygen atoms in total. The maximum Gasteiger partial charge on any atom is 0.637 e. The Bertz CT molecular complexity index is 190. The molecule has 7 heteroatoms. The van der Waals surface area contributed by atoms with E-state index in [0.717, 1.165) is 6.42 Å². The van der Waals surface area contributed by atoms with Gasteiger partial charge in [-0.2, -0.15) is 4.18 Å². The number of hydrogen-bond donors (Lipinski definition) is 0. The van der Waals surface area contributed by atoms with Gasteiger partial charge in [0.2, 0.25) is 0 Å². The minimum Gasteiger partial charge on any atom is -0.500 e. The first-order valence-electron chi connectivity index (χ1n) is 4.58. The molecule has 0 spiro atoms. The molecule has 0 aromatic carbocycles. The zero-order valence-corrected chi connectivity index (χ0v) is 9.03. The van der Waals surface area contributed by atoms with Crippen molar-refractivity contribution >= 4 is 18.4 Å². The van der Waals surface area contributed by atoms with E-state index in [-0.39, 0.29) is 17.3 Å². The highest BCUT2D eigenvalue weighted by Gasteiger charge is 2.44. The highest BCUT2D eigenvalue weighted by molar-refractivity contribution is 7.91.